The number of rotatable bonds is 2. The summed E-state index contributed by atoms with van der Waals surface area (Å²) in [5.74, 6) is 0.202. The van der Waals surface area contributed by atoms with Gasteiger partial charge >= 0.3 is 0 Å². The molecule has 1 atom stereocenters. The highest BCUT2D eigenvalue weighted by atomic mass is 79.9. The molecule has 0 spiro atoms. The third-order valence-electron chi connectivity index (χ3n) is 3.69. The summed E-state index contributed by atoms with van der Waals surface area (Å²) < 4.78 is 0.902. The average molecular weight is 435 g/mol. The fourth-order valence-corrected chi connectivity index (χ4v) is 3.78. The Morgan fingerprint density at radius 3 is 2.27 bits per heavy atom. The van der Waals surface area contributed by atoms with E-state index in [0.29, 0.717) is 5.02 Å². The van der Waals surface area contributed by atoms with Crippen LogP contribution >= 0.6 is 52.3 Å². The maximum atomic E-state index is 10.4. The van der Waals surface area contributed by atoms with E-state index in [0.717, 1.165) is 36.2 Å². The van der Waals surface area contributed by atoms with Gasteiger partial charge in [-0.15, -0.1) is 24.8 Å². The largest absolute Gasteiger partial charge is 0.506 e. The molecule has 3 nitrogen and oxygen atoms in total. The molecule has 1 heterocycles. The van der Waals surface area contributed by atoms with Crippen LogP contribution in [0.5, 0.6) is 5.75 Å². The van der Waals surface area contributed by atoms with Crippen molar-refractivity contribution in [2.75, 3.05) is 26.2 Å². The zero-order valence-electron chi connectivity index (χ0n) is 13.0. The molecular weight excluding hydrogens is 410 g/mol. The van der Waals surface area contributed by atoms with Crippen molar-refractivity contribution < 1.29 is 5.11 Å². The number of phenols is 1. The number of benzene rings is 1. The number of aromatic hydroxyl groups is 1. The van der Waals surface area contributed by atoms with Gasteiger partial charge in [0.2, 0.25) is 0 Å². The monoisotopic (exact) mass is 432 g/mol. The number of phenolic OH excluding ortho intramolecular Hbond substituents is 1. The minimum Gasteiger partial charge on any atom is -0.506 e. The molecule has 22 heavy (non-hydrogen) atoms. The fourth-order valence-electron chi connectivity index (χ4n) is 2.95. The number of piperazine rings is 1. The van der Waals surface area contributed by atoms with Crippen LogP contribution in [0.15, 0.2) is 16.6 Å². The van der Waals surface area contributed by atoms with E-state index < -0.39 is 0 Å². The minimum atomic E-state index is 0. The summed E-state index contributed by atoms with van der Waals surface area (Å²) >= 11 is 9.62. The van der Waals surface area contributed by atoms with Crippen LogP contribution < -0.4 is 5.32 Å². The Kier molecular flexibility index (Phi) is 9.07. The summed E-state index contributed by atoms with van der Waals surface area (Å²) in [4.78, 5) is 2.42. The molecule has 0 aliphatic carbocycles. The third-order valence-corrected chi connectivity index (χ3v) is 4.44. The molecule has 128 valence electrons. The molecule has 0 saturated carbocycles. The highest BCUT2D eigenvalue weighted by molar-refractivity contribution is 9.10. The highest BCUT2D eigenvalue weighted by Crippen LogP contribution is 2.45. The lowest BCUT2D eigenvalue weighted by atomic mass is 9.80. The second-order valence-corrected chi connectivity index (χ2v) is 7.70. The molecule has 1 fully saturated rings. The van der Waals surface area contributed by atoms with Crippen LogP contribution in [0.25, 0.3) is 0 Å². The van der Waals surface area contributed by atoms with Crippen molar-refractivity contribution in [3.63, 3.8) is 0 Å². The summed E-state index contributed by atoms with van der Waals surface area (Å²) in [7, 11) is 0. The normalized spacial score (nSPS) is 17.3. The van der Waals surface area contributed by atoms with Gasteiger partial charge in [0, 0.05) is 42.3 Å². The van der Waals surface area contributed by atoms with Crippen LogP contribution in [0, 0.1) is 5.41 Å². The quantitative estimate of drug-likeness (QED) is 0.712. The van der Waals surface area contributed by atoms with Crippen LogP contribution in [-0.2, 0) is 0 Å². The van der Waals surface area contributed by atoms with E-state index in [1.54, 1.807) is 6.07 Å². The molecule has 1 saturated heterocycles. The Bertz CT molecular complexity index is 488. The molecule has 0 unspecified atom stereocenters. The molecule has 1 aliphatic rings. The molecule has 2 rings (SSSR count). The van der Waals surface area contributed by atoms with E-state index in [4.69, 9.17) is 11.6 Å². The lowest BCUT2D eigenvalue weighted by Crippen LogP contribution is -2.48. The zero-order chi connectivity index (χ0) is 14.9. The van der Waals surface area contributed by atoms with E-state index in [9.17, 15) is 5.11 Å². The van der Waals surface area contributed by atoms with Crippen LogP contribution in [0.2, 0.25) is 5.02 Å². The molecule has 0 amide bonds. The Hall–Kier alpha value is 0.290. The number of nitrogens with zero attached hydrogens (tertiary/aromatic N) is 1. The topological polar surface area (TPSA) is 35.5 Å². The molecule has 2 N–H and O–H groups in total. The Morgan fingerprint density at radius 2 is 1.77 bits per heavy atom. The standard InChI is InChI=1S/C15H22BrClN2O.2ClH/c1-15(2,3)14(19-6-4-18-5-7-19)11-8-10(16)9-12(17)13(11)20;;/h8-9,14,18,20H,4-7H2,1-3H3;2*1H/t14-;;/m1../s1. The van der Waals surface area contributed by atoms with Crippen LogP contribution in [0.3, 0.4) is 0 Å². The predicted octanol–water partition coefficient (Wildman–Crippen LogP) is 4.64. The fraction of sp³-hybridized carbons (Fsp3) is 0.600. The summed E-state index contributed by atoms with van der Waals surface area (Å²) in [6.07, 6.45) is 0. The molecule has 0 aromatic heterocycles. The molecule has 1 aliphatic heterocycles. The zero-order valence-corrected chi connectivity index (χ0v) is 17.0. The van der Waals surface area contributed by atoms with Crippen molar-refractivity contribution in [2.24, 2.45) is 5.41 Å². The third kappa shape index (κ3) is 5.15. The van der Waals surface area contributed by atoms with Gasteiger partial charge in [0.1, 0.15) is 5.75 Å². The number of hydrogen-bond donors (Lipinski definition) is 2. The first-order valence-corrected chi connectivity index (χ1v) is 8.10. The summed E-state index contributed by atoms with van der Waals surface area (Å²) in [6, 6.07) is 3.86. The van der Waals surface area contributed by atoms with E-state index in [1.807, 2.05) is 6.07 Å². The van der Waals surface area contributed by atoms with E-state index in [-0.39, 0.29) is 42.0 Å². The van der Waals surface area contributed by atoms with Gasteiger partial charge in [-0.3, -0.25) is 4.90 Å². The van der Waals surface area contributed by atoms with Crippen LogP contribution in [0.4, 0.5) is 0 Å². The first kappa shape index (κ1) is 22.3. The van der Waals surface area contributed by atoms with Gasteiger partial charge < -0.3 is 10.4 Å². The molecule has 1 aromatic rings. The molecule has 1 aromatic carbocycles. The lowest BCUT2D eigenvalue weighted by molar-refractivity contribution is 0.0842. The van der Waals surface area contributed by atoms with Gasteiger partial charge in [0.15, 0.2) is 0 Å². The maximum Gasteiger partial charge on any atom is 0.139 e. The van der Waals surface area contributed by atoms with Gasteiger partial charge in [-0.05, 0) is 17.5 Å². The Balaban J connectivity index is 0.00000220. The highest BCUT2D eigenvalue weighted by Gasteiger charge is 2.34. The SMILES string of the molecule is CC(C)(C)[C@@H](c1cc(Br)cc(Cl)c1O)N1CCNCC1.Cl.Cl. The number of halogens is 4. The summed E-state index contributed by atoms with van der Waals surface area (Å²) in [5, 5.41) is 14.2. The van der Waals surface area contributed by atoms with E-state index in [2.05, 4.69) is 46.9 Å². The van der Waals surface area contributed by atoms with Gasteiger partial charge in [-0.2, -0.15) is 0 Å². The van der Waals surface area contributed by atoms with Crippen molar-refractivity contribution in [3.8, 4) is 5.75 Å². The van der Waals surface area contributed by atoms with Crippen LogP contribution in [-0.4, -0.2) is 36.2 Å². The van der Waals surface area contributed by atoms with Gasteiger partial charge in [0.05, 0.1) is 5.02 Å². The van der Waals surface area contributed by atoms with Crippen LogP contribution in [0.1, 0.15) is 32.4 Å². The molecule has 0 radical (unpaired) electrons. The van der Waals surface area contributed by atoms with Gasteiger partial charge in [-0.25, -0.2) is 0 Å². The molecule has 0 bridgehead atoms. The van der Waals surface area contributed by atoms with E-state index in [1.165, 1.54) is 0 Å². The molecule has 7 heteroatoms. The van der Waals surface area contributed by atoms with Crippen molar-refractivity contribution >= 4 is 52.3 Å². The Morgan fingerprint density at radius 1 is 1.23 bits per heavy atom. The maximum absolute atomic E-state index is 10.4. The molecular formula is C15H24BrCl3N2O. The van der Waals surface area contributed by atoms with Gasteiger partial charge in [-0.1, -0.05) is 48.3 Å². The first-order valence-electron chi connectivity index (χ1n) is 6.93. The number of hydrogen-bond acceptors (Lipinski definition) is 3. The van der Waals surface area contributed by atoms with Crippen molar-refractivity contribution in [2.45, 2.75) is 26.8 Å². The summed E-state index contributed by atoms with van der Waals surface area (Å²) in [5.41, 5.74) is 0.914. The van der Waals surface area contributed by atoms with Crippen molar-refractivity contribution in [1.29, 1.82) is 0 Å². The number of nitrogens with one attached hydrogen (secondary N) is 1. The first-order chi connectivity index (χ1) is 9.30. The second-order valence-electron chi connectivity index (χ2n) is 6.38. The van der Waals surface area contributed by atoms with E-state index >= 15 is 0 Å². The van der Waals surface area contributed by atoms with Crippen molar-refractivity contribution in [3.05, 3.63) is 27.2 Å². The summed E-state index contributed by atoms with van der Waals surface area (Å²) in [6.45, 7) is 10.5. The average Bonchev–Trinajstić information content (AvgIpc) is 2.35. The van der Waals surface area contributed by atoms with Gasteiger partial charge in [0.25, 0.3) is 0 Å². The lowest BCUT2D eigenvalue weighted by Gasteiger charge is -2.43. The minimum absolute atomic E-state index is 0. The Labute approximate surface area is 158 Å². The predicted molar refractivity (Wildman–Crippen MR) is 102 cm³/mol. The second kappa shape index (κ2) is 8.95. The smallest absolute Gasteiger partial charge is 0.139 e. The van der Waals surface area contributed by atoms with Crippen molar-refractivity contribution in [1.82, 2.24) is 10.2 Å².